The van der Waals surface area contributed by atoms with E-state index in [1.165, 1.54) is 12.8 Å². The van der Waals surface area contributed by atoms with Gasteiger partial charge >= 0.3 is 0 Å². The van der Waals surface area contributed by atoms with Crippen molar-refractivity contribution >= 4 is 5.91 Å². The lowest BCUT2D eigenvalue weighted by atomic mass is 10.1. The standard InChI is InChI=1S/C18H27NO3/c1-4-19(15-7-5-6-8-15)18(20)10-9-14-11-16(21-2)13-17(12-14)22-3/h11-13,15H,4-10H2,1-3H3. The highest BCUT2D eigenvalue weighted by Crippen LogP contribution is 2.26. The second-order valence-corrected chi connectivity index (χ2v) is 5.84. The van der Waals surface area contributed by atoms with Crippen molar-refractivity contribution in [1.82, 2.24) is 4.90 Å². The van der Waals surface area contributed by atoms with Crippen molar-refractivity contribution in [3.05, 3.63) is 23.8 Å². The van der Waals surface area contributed by atoms with Crippen LogP contribution in [0.1, 0.15) is 44.6 Å². The number of methoxy groups -OCH3 is 2. The number of benzene rings is 1. The lowest BCUT2D eigenvalue weighted by molar-refractivity contribution is -0.133. The van der Waals surface area contributed by atoms with Gasteiger partial charge in [-0.1, -0.05) is 12.8 Å². The summed E-state index contributed by atoms with van der Waals surface area (Å²) >= 11 is 0. The van der Waals surface area contributed by atoms with E-state index >= 15 is 0 Å². The maximum Gasteiger partial charge on any atom is 0.223 e. The molecule has 1 aliphatic rings. The van der Waals surface area contributed by atoms with Crippen molar-refractivity contribution < 1.29 is 14.3 Å². The summed E-state index contributed by atoms with van der Waals surface area (Å²) in [7, 11) is 3.28. The fourth-order valence-corrected chi connectivity index (χ4v) is 3.26. The molecule has 0 heterocycles. The van der Waals surface area contributed by atoms with Gasteiger partial charge in [0.05, 0.1) is 14.2 Å². The Hall–Kier alpha value is -1.71. The summed E-state index contributed by atoms with van der Waals surface area (Å²) in [6.07, 6.45) is 6.08. The number of hydrogen-bond donors (Lipinski definition) is 0. The average Bonchev–Trinajstić information content (AvgIpc) is 3.07. The summed E-state index contributed by atoms with van der Waals surface area (Å²) in [5, 5.41) is 0. The van der Waals surface area contributed by atoms with E-state index in [4.69, 9.17) is 9.47 Å². The van der Waals surface area contributed by atoms with E-state index < -0.39 is 0 Å². The first kappa shape index (κ1) is 16.7. The van der Waals surface area contributed by atoms with E-state index in [2.05, 4.69) is 11.8 Å². The monoisotopic (exact) mass is 305 g/mol. The van der Waals surface area contributed by atoms with Gasteiger partial charge in [0.15, 0.2) is 0 Å². The first-order valence-corrected chi connectivity index (χ1v) is 8.19. The molecule has 0 saturated heterocycles. The summed E-state index contributed by atoms with van der Waals surface area (Å²) in [5.74, 6) is 1.80. The van der Waals surface area contributed by atoms with Crippen LogP contribution in [0.5, 0.6) is 11.5 Å². The maximum absolute atomic E-state index is 12.5. The molecule has 1 fully saturated rings. The van der Waals surface area contributed by atoms with E-state index in [1.807, 2.05) is 18.2 Å². The number of rotatable bonds is 7. The Bertz CT molecular complexity index is 473. The molecule has 1 aliphatic carbocycles. The first-order valence-electron chi connectivity index (χ1n) is 8.19. The van der Waals surface area contributed by atoms with Crippen LogP contribution >= 0.6 is 0 Å². The molecule has 0 aliphatic heterocycles. The number of hydrogen-bond acceptors (Lipinski definition) is 3. The summed E-state index contributed by atoms with van der Waals surface area (Å²) in [6.45, 7) is 2.88. The Labute approximate surface area is 133 Å². The SMILES string of the molecule is CCN(C(=O)CCc1cc(OC)cc(OC)c1)C1CCCC1. The third kappa shape index (κ3) is 4.15. The van der Waals surface area contributed by atoms with Crippen LogP contribution in [0.2, 0.25) is 0 Å². The van der Waals surface area contributed by atoms with Crippen LogP contribution in [0.25, 0.3) is 0 Å². The second kappa shape index (κ2) is 8.06. The fraction of sp³-hybridized carbons (Fsp3) is 0.611. The van der Waals surface area contributed by atoms with Gasteiger partial charge in [-0.15, -0.1) is 0 Å². The van der Waals surface area contributed by atoms with Gasteiger partial charge in [-0.25, -0.2) is 0 Å². The van der Waals surface area contributed by atoms with Crippen LogP contribution in [0, 0.1) is 0 Å². The molecule has 1 amide bonds. The highest BCUT2D eigenvalue weighted by molar-refractivity contribution is 5.76. The third-order valence-corrected chi connectivity index (χ3v) is 4.47. The molecule has 22 heavy (non-hydrogen) atoms. The normalized spacial score (nSPS) is 14.9. The number of amides is 1. The largest absolute Gasteiger partial charge is 0.497 e. The van der Waals surface area contributed by atoms with Crippen LogP contribution in [0.4, 0.5) is 0 Å². The van der Waals surface area contributed by atoms with Crippen molar-refractivity contribution in [2.24, 2.45) is 0 Å². The summed E-state index contributed by atoms with van der Waals surface area (Å²) in [6, 6.07) is 6.25. The second-order valence-electron chi connectivity index (χ2n) is 5.84. The Morgan fingerprint density at radius 3 is 2.23 bits per heavy atom. The minimum atomic E-state index is 0.260. The van der Waals surface area contributed by atoms with E-state index in [0.717, 1.165) is 42.9 Å². The molecule has 0 aromatic heterocycles. The van der Waals surface area contributed by atoms with E-state index in [-0.39, 0.29) is 5.91 Å². The zero-order valence-electron chi connectivity index (χ0n) is 13.9. The van der Waals surface area contributed by atoms with Crippen LogP contribution in [0.15, 0.2) is 18.2 Å². The molecule has 0 spiro atoms. The topological polar surface area (TPSA) is 38.8 Å². The summed E-state index contributed by atoms with van der Waals surface area (Å²) < 4.78 is 10.6. The van der Waals surface area contributed by atoms with Crippen molar-refractivity contribution in [1.29, 1.82) is 0 Å². The van der Waals surface area contributed by atoms with Gasteiger partial charge in [0.1, 0.15) is 11.5 Å². The van der Waals surface area contributed by atoms with Crippen molar-refractivity contribution in [2.45, 2.75) is 51.5 Å². The Balaban J connectivity index is 1.97. The molecule has 4 heteroatoms. The van der Waals surface area contributed by atoms with E-state index in [1.54, 1.807) is 14.2 Å². The maximum atomic E-state index is 12.5. The molecule has 0 N–H and O–H groups in total. The summed E-state index contributed by atoms with van der Waals surface area (Å²) in [4.78, 5) is 14.6. The quantitative estimate of drug-likeness (QED) is 0.774. The van der Waals surface area contributed by atoms with Crippen LogP contribution in [0.3, 0.4) is 0 Å². The number of aryl methyl sites for hydroxylation is 1. The van der Waals surface area contributed by atoms with Crippen LogP contribution in [-0.4, -0.2) is 37.6 Å². The van der Waals surface area contributed by atoms with Crippen LogP contribution < -0.4 is 9.47 Å². The number of carbonyl (C=O) groups is 1. The van der Waals surface area contributed by atoms with Gasteiger partial charge in [0, 0.05) is 25.1 Å². The number of ether oxygens (including phenoxy) is 2. The zero-order valence-corrected chi connectivity index (χ0v) is 13.9. The molecule has 0 bridgehead atoms. The molecule has 1 aromatic carbocycles. The third-order valence-electron chi connectivity index (χ3n) is 4.47. The Morgan fingerprint density at radius 1 is 1.14 bits per heavy atom. The molecular formula is C18H27NO3. The van der Waals surface area contributed by atoms with Gasteiger partial charge in [0.2, 0.25) is 5.91 Å². The molecule has 122 valence electrons. The molecule has 1 aromatic rings. The Morgan fingerprint density at radius 2 is 1.73 bits per heavy atom. The molecule has 2 rings (SSSR count). The Kier molecular flexibility index (Phi) is 6.10. The van der Waals surface area contributed by atoms with E-state index in [9.17, 15) is 4.79 Å². The van der Waals surface area contributed by atoms with Gasteiger partial charge in [-0.05, 0) is 43.9 Å². The van der Waals surface area contributed by atoms with Gasteiger partial charge in [-0.3, -0.25) is 4.79 Å². The molecule has 0 radical (unpaired) electrons. The number of nitrogens with zero attached hydrogens (tertiary/aromatic N) is 1. The molecule has 0 atom stereocenters. The zero-order chi connectivity index (χ0) is 15.9. The number of carbonyl (C=O) groups excluding carboxylic acids is 1. The molecule has 0 unspecified atom stereocenters. The molecule has 1 saturated carbocycles. The summed E-state index contributed by atoms with van der Waals surface area (Å²) in [5.41, 5.74) is 1.08. The lowest BCUT2D eigenvalue weighted by Crippen LogP contribution is -2.38. The van der Waals surface area contributed by atoms with Gasteiger partial charge in [0.25, 0.3) is 0 Å². The van der Waals surface area contributed by atoms with Gasteiger partial charge < -0.3 is 14.4 Å². The highest BCUT2D eigenvalue weighted by Gasteiger charge is 2.24. The predicted molar refractivity (Wildman–Crippen MR) is 87.5 cm³/mol. The predicted octanol–water partition coefficient (Wildman–Crippen LogP) is 3.43. The highest BCUT2D eigenvalue weighted by atomic mass is 16.5. The first-order chi connectivity index (χ1) is 10.7. The van der Waals surface area contributed by atoms with E-state index in [0.29, 0.717) is 12.5 Å². The van der Waals surface area contributed by atoms with Crippen LogP contribution in [-0.2, 0) is 11.2 Å². The van der Waals surface area contributed by atoms with Crippen molar-refractivity contribution in [3.63, 3.8) is 0 Å². The average molecular weight is 305 g/mol. The van der Waals surface area contributed by atoms with Crippen molar-refractivity contribution in [3.8, 4) is 11.5 Å². The minimum Gasteiger partial charge on any atom is -0.497 e. The minimum absolute atomic E-state index is 0.260. The molecular weight excluding hydrogens is 278 g/mol. The molecule has 4 nitrogen and oxygen atoms in total. The smallest absolute Gasteiger partial charge is 0.223 e. The fourth-order valence-electron chi connectivity index (χ4n) is 3.26. The van der Waals surface area contributed by atoms with Gasteiger partial charge in [-0.2, -0.15) is 0 Å². The lowest BCUT2D eigenvalue weighted by Gasteiger charge is -2.27. The van der Waals surface area contributed by atoms with Crippen molar-refractivity contribution in [2.75, 3.05) is 20.8 Å².